The molecule has 86 valence electrons. The molecule has 0 heterocycles. The Kier molecular flexibility index (Phi) is 4.32. The van der Waals surface area contributed by atoms with E-state index in [4.69, 9.17) is 5.73 Å². The van der Waals surface area contributed by atoms with E-state index in [0.717, 1.165) is 18.4 Å². The molecule has 0 saturated heterocycles. The Labute approximate surface area is 97.1 Å². The van der Waals surface area contributed by atoms with Crippen molar-refractivity contribution in [2.24, 2.45) is 5.73 Å². The number of allylic oxidation sites excluding steroid dienone is 2. The quantitative estimate of drug-likeness (QED) is 0.720. The van der Waals surface area contributed by atoms with Crippen molar-refractivity contribution in [1.82, 2.24) is 0 Å². The van der Waals surface area contributed by atoms with Crippen LogP contribution in [0.3, 0.4) is 0 Å². The summed E-state index contributed by atoms with van der Waals surface area (Å²) < 4.78 is 0. The third-order valence-electron chi connectivity index (χ3n) is 2.93. The second kappa shape index (κ2) is 5.52. The van der Waals surface area contributed by atoms with Gasteiger partial charge in [0, 0.05) is 5.41 Å². The molecule has 1 aromatic carbocycles. The third kappa shape index (κ3) is 2.52. The fourth-order valence-electron chi connectivity index (χ4n) is 1.98. The molecular weight excluding hydrogens is 198 g/mol. The fourth-order valence-corrected chi connectivity index (χ4v) is 1.98. The van der Waals surface area contributed by atoms with Gasteiger partial charge in [-0.2, -0.15) is 0 Å². The minimum Gasteiger partial charge on any atom is -0.508 e. The summed E-state index contributed by atoms with van der Waals surface area (Å²) in [6, 6.07) is 7.20. The van der Waals surface area contributed by atoms with Crippen molar-refractivity contribution in [3.63, 3.8) is 0 Å². The summed E-state index contributed by atoms with van der Waals surface area (Å²) >= 11 is 0. The SMILES string of the molecule is C=CCC(C=C)(CCN)c1ccc(O)cc1. The summed E-state index contributed by atoms with van der Waals surface area (Å²) in [5.41, 5.74) is 6.61. The predicted octanol–water partition coefficient (Wildman–Crippen LogP) is 2.74. The van der Waals surface area contributed by atoms with Crippen molar-refractivity contribution in [2.45, 2.75) is 18.3 Å². The lowest BCUT2D eigenvalue weighted by molar-refractivity contribution is 0.471. The highest BCUT2D eigenvalue weighted by Crippen LogP contribution is 2.33. The van der Waals surface area contributed by atoms with Gasteiger partial charge in [-0.3, -0.25) is 0 Å². The number of phenolic OH excluding ortho intramolecular Hbond substituents is 1. The Balaban J connectivity index is 3.12. The van der Waals surface area contributed by atoms with Crippen LogP contribution in [-0.4, -0.2) is 11.7 Å². The first-order valence-corrected chi connectivity index (χ1v) is 5.42. The molecule has 1 aromatic rings. The molecule has 3 N–H and O–H groups in total. The van der Waals surface area contributed by atoms with E-state index in [1.165, 1.54) is 0 Å². The maximum absolute atomic E-state index is 9.28. The lowest BCUT2D eigenvalue weighted by Crippen LogP contribution is -2.26. The zero-order chi connectivity index (χ0) is 12.0. The second-order valence-corrected chi connectivity index (χ2v) is 3.94. The molecule has 0 aliphatic heterocycles. The Hall–Kier alpha value is -1.54. The molecule has 0 aliphatic rings. The third-order valence-corrected chi connectivity index (χ3v) is 2.93. The standard InChI is InChI=1S/C14H19NO/c1-3-9-14(4-2,10-11-15)12-5-7-13(16)8-6-12/h3-8,16H,1-2,9-11,15H2. The number of hydrogen-bond acceptors (Lipinski definition) is 2. The summed E-state index contributed by atoms with van der Waals surface area (Å²) in [4.78, 5) is 0. The van der Waals surface area contributed by atoms with E-state index < -0.39 is 0 Å². The van der Waals surface area contributed by atoms with Crippen LogP contribution in [0.15, 0.2) is 49.6 Å². The minimum atomic E-state index is -0.162. The van der Waals surface area contributed by atoms with Gasteiger partial charge in [0.2, 0.25) is 0 Å². The zero-order valence-corrected chi connectivity index (χ0v) is 9.52. The van der Waals surface area contributed by atoms with Crippen LogP contribution in [0.5, 0.6) is 5.75 Å². The first kappa shape index (κ1) is 12.5. The average molecular weight is 217 g/mol. The van der Waals surface area contributed by atoms with Crippen molar-refractivity contribution < 1.29 is 5.11 Å². The molecule has 0 spiro atoms. The van der Waals surface area contributed by atoms with E-state index in [2.05, 4.69) is 13.2 Å². The molecule has 0 amide bonds. The molecule has 0 saturated carbocycles. The number of nitrogens with two attached hydrogens (primary N) is 1. The molecular formula is C14H19NO. The number of aromatic hydroxyl groups is 1. The van der Waals surface area contributed by atoms with Crippen molar-refractivity contribution in [3.8, 4) is 5.75 Å². The van der Waals surface area contributed by atoms with Gasteiger partial charge in [0.1, 0.15) is 5.75 Å². The molecule has 2 heteroatoms. The molecule has 0 fully saturated rings. The molecule has 1 rings (SSSR count). The average Bonchev–Trinajstić information content (AvgIpc) is 2.29. The van der Waals surface area contributed by atoms with Gasteiger partial charge in [-0.25, -0.2) is 0 Å². The summed E-state index contributed by atoms with van der Waals surface area (Å²) in [7, 11) is 0. The number of phenols is 1. The van der Waals surface area contributed by atoms with Crippen molar-refractivity contribution in [1.29, 1.82) is 0 Å². The molecule has 1 unspecified atom stereocenters. The van der Waals surface area contributed by atoms with Gasteiger partial charge in [0.05, 0.1) is 0 Å². The van der Waals surface area contributed by atoms with Gasteiger partial charge >= 0.3 is 0 Å². The van der Waals surface area contributed by atoms with Gasteiger partial charge in [0.15, 0.2) is 0 Å². The highest BCUT2D eigenvalue weighted by molar-refractivity contribution is 5.35. The first-order valence-electron chi connectivity index (χ1n) is 5.42. The summed E-state index contributed by atoms with van der Waals surface area (Å²) in [5, 5.41) is 9.28. The lowest BCUT2D eigenvalue weighted by atomic mass is 9.75. The number of hydrogen-bond donors (Lipinski definition) is 2. The fraction of sp³-hybridized carbons (Fsp3) is 0.286. The van der Waals surface area contributed by atoms with Crippen LogP contribution in [0.1, 0.15) is 18.4 Å². The Bertz CT molecular complexity index is 356. The van der Waals surface area contributed by atoms with Crippen LogP contribution in [0.4, 0.5) is 0 Å². The smallest absolute Gasteiger partial charge is 0.115 e. The number of benzene rings is 1. The van der Waals surface area contributed by atoms with Crippen LogP contribution in [0, 0.1) is 0 Å². The molecule has 1 atom stereocenters. The van der Waals surface area contributed by atoms with Gasteiger partial charge < -0.3 is 10.8 Å². The Morgan fingerprint density at radius 1 is 1.25 bits per heavy atom. The maximum atomic E-state index is 9.28. The van der Waals surface area contributed by atoms with E-state index in [1.807, 2.05) is 24.3 Å². The molecule has 16 heavy (non-hydrogen) atoms. The molecule has 0 radical (unpaired) electrons. The van der Waals surface area contributed by atoms with Crippen LogP contribution in [-0.2, 0) is 5.41 Å². The van der Waals surface area contributed by atoms with Crippen molar-refractivity contribution in [3.05, 3.63) is 55.1 Å². The monoisotopic (exact) mass is 217 g/mol. The maximum Gasteiger partial charge on any atom is 0.115 e. The van der Waals surface area contributed by atoms with E-state index in [0.29, 0.717) is 6.54 Å². The van der Waals surface area contributed by atoms with E-state index in [1.54, 1.807) is 12.1 Å². The highest BCUT2D eigenvalue weighted by atomic mass is 16.3. The molecule has 0 aliphatic carbocycles. The summed E-state index contributed by atoms with van der Waals surface area (Å²) in [6.07, 6.45) is 5.43. The van der Waals surface area contributed by atoms with Gasteiger partial charge in [-0.05, 0) is 37.1 Å². The Morgan fingerprint density at radius 3 is 2.31 bits per heavy atom. The predicted molar refractivity (Wildman–Crippen MR) is 68.5 cm³/mol. The minimum absolute atomic E-state index is 0.162. The van der Waals surface area contributed by atoms with E-state index in [9.17, 15) is 5.11 Å². The molecule has 0 aromatic heterocycles. The Morgan fingerprint density at radius 2 is 1.88 bits per heavy atom. The van der Waals surface area contributed by atoms with E-state index in [-0.39, 0.29) is 11.2 Å². The van der Waals surface area contributed by atoms with Crippen LogP contribution in [0.2, 0.25) is 0 Å². The summed E-state index contributed by atoms with van der Waals surface area (Å²) in [6.45, 7) is 8.28. The van der Waals surface area contributed by atoms with Crippen LogP contribution in [0.25, 0.3) is 0 Å². The largest absolute Gasteiger partial charge is 0.508 e. The number of rotatable bonds is 6. The molecule has 0 bridgehead atoms. The van der Waals surface area contributed by atoms with Crippen molar-refractivity contribution >= 4 is 0 Å². The molecule has 2 nitrogen and oxygen atoms in total. The van der Waals surface area contributed by atoms with Crippen molar-refractivity contribution in [2.75, 3.05) is 6.54 Å². The first-order chi connectivity index (χ1) is 7.68. The van der Waals surface area contributed by atoms with Gasteiger partial charge in [-0.1, -0.05) is 24.3 Å². The topological polar surface area (TPSA) is 46.2 Å². The normalized spacial score (nSPS) is 14.1. The summed E-state index contributed by atoms with van der Waals surface area (Å²) in [5.74, 6) is 0.271. The van der Waals surface area contributed by atoms with Gasteiger partial charge in [-0.15, -0.1) is 13.2 Å². The lowest BCUT2D eigenvalue weighted by Gasteiger charge is -2.29. The van der Waals surface area contributed by atoms with Gasteiger partial charge in [0.25, 0.3) is 0 Å². The zero-order valence-electron chi connectivity index (χ0n) is 9.52. The second-order valence-electron chi connectivity index (χ2n) is 3.94. The van der Waals surface area contributed by atoms with Crippen LogP contribution >= 0.6 is 0 Å². The highest BCUT2D eigenvalue weighted by Gasteiger charge is 2.26. The van der Waals surface area contributed by atoms with Crippen LogP contribution < -0.4 is 5.73 Å². The van der Waals surface area contributed by atoms with E-state index >= 15 is 0 Å².